The third kappa shape index (κ3) is 2.52. The molecule has 1 aromatic carbocycles. The van der Waals surface area contributed by atoms with Gasteiger partial charge in [-0.05, 0) is 37.6 Å². The summed E-state index contributed by atoms with van der Waals surface area (Å²) in [6.45, 7) is 4.30. The van der Waals surface area contributed by atoms with E-state index in [1.807, 2.05) is 12.1 Å². The van der Waals surface area contributed by atoms with Gasteiger partial charge in [0.05, 0.1) is 6.04 Å². The van der Waals surface area contributed by atoms with Crippen molar-refractivity contribution in [3.63, 3.8) is 0 Å². The number of hydrogen-bond donors (Lipinski definition) is 1. The van der Waals surface area contributed by atoms with Gasteiger partial charge in [0.25, 0.3) is 0 Å². The molecule has 1 heterocycles. The van der Waals surface area contributed by atoms with Crippen molar-refractivity contribution in [1.82, 2.24) is 4.90 Å². The summed E-state index contributed by atoms with van der Waals surface area (Å²) in [5.41, 5.74) is 1.92. The van der Waals surface area contributed by atoms with E-state index < -0.39 is 0 Å². The van der Waals surface area contributed by atoms with Crippen LogP contribution in [-0.2, 0) is 5.41 Å². The van der Waals surface area contributed by atoms with Gasteiger partial charge in [0.15, 0.2) is 0 Å². The monoisotopic (exact) mass is 307 g/mol. The van der Waals surface area contributed by atoms with Crippen LogP contribution in [0.2, 0.25) is 0 Å². The van der Waals surface area contributed by atoms with Gasteiger partial charge < -0.3 is 10.0 Å². The maximum Gasteiger partial charge on any atom is 0.119 e. The summed E-state index contributed by atoms with van der Waals surface area (Å²) in [4.78, 5) is 2.24. The van der Waals surface area contributed by atoms with E-state index in [0.717, 1.165) is 12.0 Å². The van der Waals surface area contributed by atoms with Gasteiger partial charge in [0.1, 0.15) is 5.75 Å². The molecule has 1 aromatic rings. The summed E-state index contributed by atoms with van der Waals surface area (Å²) in [5.74, 6) is 0.717. The molecule has 0 fully saturated rings. The Morgan fingerprint density at radius 1 is 1.13 bits per heavy atom. The Morgan fingerprint density at radius 3 is 2.65 bits per heavy atom. The third-order valence-corrected chi connectivity index (χ3v) is 5.15. The van der Waals surface area contributed by atoms with Gasteiger partial charge in [-0.1, -0.05) is 61.1 Å². The van der Waals surface area contributed by atoms with Crippen LogP contribution >= 0.6 is 0 Å². The first kappa shape index (κ1) is 15.7. The molecule has 0 radical (unpaired) electrons. The summed E-state index contributed by atoms with van der Waals surface area (Å²) >= 11 is 0. The second-order valence-corrected chi connectivity index (χ2v) is 6.55. The van der Waals surface area contributed by atoms with Gasteiger partial charge in [0, 0.05) is 18.0 Å². The van der Waals surface area contributed by atoms with E-state index in [0.29, 0.717) is 11.7 Å². The van der Waals surface area contributed by atoms with Gasteiger partial charge >= 0.3 is 0 Å². The number of likely N-dealkylation sites (N-methyl/N-ethyl adjacent to an activating group) is 1. The van der Waals surface area contributed by atoms with Crippen LogP contribution in [0.1, 0.15) is 24.5 Å². The van der Waals surface area contributed by atoms with Crippen LogP contribution < -0.4 is 0 Å². The zero-order valence-corrected chi connectivity index (χ0v) is 14.1. The van der Waals surface area contributed by atoms with E-state index in [-0.39, 0.29) is 11.5 Å². The second kappa shape index (κ2) is 6.11. The van der Waals surface area contributed by atoms with Crippen LogP contribution in [0.15, 0.2) is 66.9 Å². The smallest absolute Gasteiger partial charge is 0.119 e. The molecule has 23 heavy (non-hydrogen) atoms. The molecule has 0 saturated carbocycles. The van der Waals surface area contributed by atoms with Gasteiger partial charge in [-0.15, -0.1) is 0 Å². The predicted octanol–water partition coefficient (Wildman–Crippen LogP) is 4.47. The van der Waals surface area contributed by atoms with E-state index in [9.17, 15) is 5.11 Å². The van der Waals surface area contributed by atoms with Crippen LogP contribution in [0, 0.1) is 12.8 Å². The van der Waals surface area contributed by atoms with Crippen molar-refractivity contribution in [1.29, 1.82) is 0 Å². The Morgan fingerprint density at radius 2 is 1.91 bits per heavy atom. The first-order chi connectivity index (χ1) is 11.1. The lowest BCUT2D eigenvalue weighted by Gasteiger charge is -2.48. The number of rotatable bonds is 3. The molecule has 1 N–H and O–H groups in total. The number of aromatic hydroxyl groups is 1. The molecule has 0 aromatic heterocycles. The average Bonchev–Trinajstić information content (AvgIpc) is 2.57. The molecule has 2 nitrogen and oxygen atoms in total. The zero-order chi connectivity index (χ0) is 16.4. The van der Waals surface area contributed by atoms with Crippen LogP contribution in [0.25, 0.3) is 0 Å². The van der Waals surface area contributed by atoms with Gasteiger partial charge in [-0.2, -0.15) is 0 Å². The SMILES string of the molecule is CCC1C=CC=CC1(c1cc(C)ccc1O)C1C=CC=CN1C. The van der Waals surface area contributed by atoms with Crippen molar-refractivity contribution in [2.24, 2.45) is 5.92 Å². The lowest BCUT2D eigenvalue weighted by Crippen LogP contribution is -2.50. The summed E-state index contributed by atoms with van der Waals surface area (Å²) in [5, 5.41) is 10.7. The normalized spacial score (nSPS) is 29.3. The number of phenolic OH excluding ortho intramolecular Hbond substituents is 1. The highest BCUT2D eigenvalue weighted by atomic mass is 16.3. The molecule has 2 heteroatoms. The third-order valence-electron chi connectivity index (χ3n) is 5.15. The number of phenols is 1. The van der Waals surface area contributed by atoms with Gasteiger partial charge in [-0.3, -0.25) is 0 Å². The molecular formula is C21H25NO. The van der Waals surface area contributed by atoms with Crippen molar-refractivity contribution in [3.05, 3.63) is 78.1 Å². The topological polar surface area (TPSA) is 23.5 Å². The van der Waals surface area contributed by atoms with Gasteiger partial charge in [-0.25, -0.2) is 0 Å². The van der Waals surface area contributed by atoms with E-state index in [4.69, 9.17) is 0 Å². The Kier molecular flexibility index (Phi) is 4.16. The fourth-order valence-corrected chi connectivity index (χ4v) is 4.01. The maximum absolute atomic E-state index is 10.7. The number of benzene rings is 1. The standard InChI is InChI=1S/C21H25NO/c1-4-17-9-5-7-13-21(17,20-10-6-8-14-22(20)3)18-15-16(2)11-12-19(18)23/h5-15,17,20,23H,4H2,1-3H3. The van der Waals surface area contributed by atoms with E-state index in [1.54, 1.807) is 0 Å². The highest BCUT2D eigenvalue weighted by molar-refractivity contribution is 5.50. The Hall–Kier alpha value is -2.22. The maximum atomic E-state index is 10.7. The predicted molar refractivity (Wildman–Crippen MR) is 96.4 cm³/mol. The minimum atomic E-state index is -0.268. The molecule has 120 valence electrons. The Bertz CT molecular complexity index is 698. The molecule has 0 saturated heterocycles. The van der Waals surface area contributed by atoms with Crippen molar-refractivity contribution in [3.8, 4) is 5.75 Å². The molecular weight excluding hydrogens is 282 g/mol. The van der Waals surface area contributed by atoms with E-state index in [2.05, 4.69) is 80.6 Å². The van der Waals surface area contributed by atoms with Crippen molar-refractivity contribution in [2.45, 2.75) is 31.7 Å². The minimum Gasteiger partial charge on any atom is -0.508 e. The lowest BCUT2D eigenvalue weighted by molar-refractivity contribution is 0.217. The van der Waals surface area contributed by atoms with E-state index in [1.165, 1.54) is 5.56 Å². The number of hydrogen-bond acceptors (Lipinski definition) is 2. The Labute approximate surface area is 139 Å². The van der Waals surface area contributed by atoms with E-state index >= 15 is 0 Å². The van der Waals surface area contributed by atoms with Crippen molar-refractivity contribution >= 4 is 0 Å². The number of aryl methyl sites for hydroxylation is 1. The first-order valence-electron chi connectivity index (χ1n) is 8.32. The zero-order valence-electron chi connectivity index (χ0n) is 14.1. The first-order valence-corrected chi connectivity index (χ1v) is 8.32. The lowest BCUT2D eigenvalue weighted by atomic mass is 9.61. The average molecular weight is 307 g/mol. The molecule has 2 aliphatic rings. The molecule has 3 unspecified atom stereocenters. The highest BCUT2D eigenvalue weighted by Gasteiger charge is 2.46. The summed E-state index contributed by atoms with van der Waals surface area (Å²) in [6, 6.07) is 6.11. The van der Waals surface area contributed by atoms with Crippen molar-refractivity contribution < 1.29 is 5.11 Å². The fraction of sp³-hybridized carbons (Fsp3) is 0.333. The van der Waals surface area contributed by atoms with Crippen LogP contribution in [0.4, 0.5) is 0 Å². The van der Waals surface area contributed by atoms with Gasteiger partial charge in [0.2, 0.25) is 0 Å². The molecule has 3 atom stereocenters. The Balaban J connectivity index is 2.24. The summed E-state index contributed by atoms with van der Waals surface area (Å²) in [6.07, 6.45) is 18.3. The molecule has 0 bridgehead atoms. The number of nitrogens with zero attached hydrogens (tertiary/aromatic N) is 1. The molecule has 0 amide bonds. The minimum absolute atomic E-state index is 0.173. The quantitative estimate of drug-likeness (QED) is 0.890. The molecule has 1 aliphatic carbocycles. The van der Waals surface area contributed by atoms with Crippen LogP contribution in [0.3, 0.4) is 0 Å². The van der Waals surface area contributed by atoms with Crippen molar-refractivity contribution in [2.75, 3.05) is 7.05 Å². The number of allylic oxidation sites excluding steroid dienone is 5. The second-order valence-electron chi connectivity index (χ2n) is 6.55. The van der Waals surface area contributed by atoms with Crippen LogP contribution in [-0.4, -0.2) is 23.1 Å². The highest BCUT2D eigenvalue weighted by Crippen LogP contribution is 2.48. The molecule has 3 rings (SSSR count). The molecule has 1 aliphatic heterocycles. The summed E-state index contributed by atoms with van der Waals surface area (Å²) < 4.78 is 0. The fourth-order valence-electron chi connectivity index (χ4n) is 4.01. The molecule has 0 spiro atoms. The summed E-state index contributed by atoms with van der Waals surface area (Å²) in [7, 11) is 2.11. The largest absolute Gasteiger partial charge is 0.508 e. The van der Waals surface area contributed by atoms with Crippen LogP contribution in [0.5, 0.6) is 5.75 Å².